The van der Waals surface area contributed by atoms with Crippen molar-refractivity contribution in [2.45, 2.75) is 6.54 Å². The lowest BCUT2D eigenvalue weighted by Crippen LogP contribution is -2.05. The molecule has 3 N–H and O–H groups in total. The molecule has 0 unspecified atom stereocenters. The van der Waals surface area contributed by atoms with Crippen LogP contribution in [0.25, 0.3) is 11.3 Å². The highest BCUT2D eigenvalue weighted by Gasteiger charge is 2.13. The van der Waals surface area contributed by atoms with Crippen molar-refractivity contribution in [2.24, 2.45) is 12.8 Å². The first-order valence-corrected chi connectivity index (χ1v) is 4.61. The van der Waals surface area contributed by atoms with Crippen molar-refractivity contribution >= 4 is 0 Å². The molecule has 0 saturated heterocycles. The predicted molar refractivity (Wildman–Crippen MR) is 56.0 cm³/mol. The Hall–Kier alpha value is -1.88. The lowest BCUT2D eigenvalue weighted by molar-refractivity contribution is 0.477. The molecule has 2 rings (SSSR count). The predicted octanol–water partition coefficient (Wildman–Crippen LogP) is 0.646. The minimum absolute atomic E-state index is 0.188. The molecule has 0 fully saturated rings. The molecule has 0 radical (unpaired) electrons. The Balaban J connectivity index is 2.59. The van der Waals surface area contributed by atoms with Crippen molar-refractivity contribution in [1.29, 1.82) is 0 Å². The maximum Gasteiger partial charge on any atom is 0.125 e. The van der Waals surface area contributed by atoms with Crippen molar-refractivity contribution in [3.8, 4) is 17.0 Å². The van der Waals surface area contributed by atoms with Gasteiger partial charge in [-0.1, -0.05) is 17.3 Å². The van der Waals surface area contributed by atoms with Gasteiger partial charge in [0.05, 0.1) is 5.69 Å². The van der Waals surface area contributed by atoms with E-state index in [1.807, 2.05) is 6.07 Å². The van der Waals surface area contributed by atoms with E-state index >= 15 is 0 Å². The Morgan fingerprint density at radius 3 is 2.80 bits per heavy atom. The van der Waals surface area contributed by atoms with E-state index in [1.165, 1.54) is 0 Å². The van der Waals surface area contributed by atoms with Gasteiger partial charge in [0.15, 0.2) is 0 Å². The number of nitrogens with two attached hydrogens (primary N) is 1. The highest BCUT2D eigenvalue weighted by molar-refractivity contribution is 5.68. The lowest BCUT2D eigenvalue weighted by Gasteiger charge is -2.03. The van der Waals surface area contributed by atoms with E-state index in [4.69, 9.17) is 5.73 Å². The van der Waals surface area contributed by atoms with Gasteiger partial charge >= 0.3 is 0 Å². The van der Waals surface area contributed by atoms with Gasteiger partial charge in [0, 0.05) is 19.2 Å². The van der Waals surface area contributed by atoms with Crippen LogP contribution in [0.4, 0.5) is 0 Å². The molecule has 1 aromatic carbocycles. The van der Waals surface area contributed by atoms with Crippen molar-refractivity contribution < 1.29 is 5.11 Å². The van der Waals surface area contributed by atoms with E-state index in [9.17, 15) is 5.11 Å². The van der Waals surface area contributed by atoms with Crippen LogP contribution in [0, 0.1) is 0 Å². The van der Waals surface area contributed by atoms with Crippen LogP contribution in [0.15, 0.2) is 24.3 Å². The number of hydrogen-bond acceptors (Lipinski definition) is 4. The van der Waals surface area contributed by atoms with Crippen molar-refractivity contribution in [2.75, 3.05) is 0 Å². The molecule has 1 heterocycles. The summed E-state index contributed by atoms with van der Waals surface area (Å²) in [6.07, 6.45) is 0. The third kappa shape index (κ3) is 1.57. The number of benzene rings is 1. The first kappa shape index (κ1) is 9.67. The van der Waals surface area contributed by atoms with Crippen LogP contribution in [0.1, 0.15) is 5.69 Å². The van der Waals surface area contributed by atoms with Gasteiger partial charge in [-0.15, -0.1) is 5.10 Å². The number of nitrogens with zero attached hydrogens (tertiary/aromatic N) is 3. The average molecular weight is 204 g/mol. The molecule has 5 nitrogen and oxygen atoms in total. The summed E-state index contributed by atoms with van der Waals surface area (Å²) in [5.41, 5.74) is 7.70. The molecule has 0 aliphatic carbocycles. The largest absolute Gasteiger partial charge is 0.507 e. The van der Waals surface area contributed by atoms with Crippen molar-refractivity contribution in [3.05, 3.63) is 30.0 Å². The highest BCUT2D eigenvalue weighted by Crippen LogP contribution is 2.28. The molecule has 5 heteroatoms. The number of aromatic hydroxyl groups is 1. The number of phenols is 1. The van der Waals surface area contributed by atoms with Crippen molar-refractivity contribution in [3.63, 3.8) is 0 Å². The molecular weight excluding hydrogens is 192 g/mol. The average Bonchev–Trinajstić information content (AvgIpc) is 2.60. The van der Waals surface area contributed by atoms with Gasteiger partial charge in [0.25, 0.3) is 0 Å². The standard InChI is InChI=1S/C10H12N4O/c1-14-8(6-11)10(12-13-14)7-4-2-3-5-9(7)15/h2-5,15H,6,11H2,1H3. The molecule has 2 aromatic rings. The number of aromatic nitrogens is 3. The fourth-order valence-corrected chi connectivity index (χ4v) is 1.49. The summed E-state index contributed by atoms with van der Waals surface area (Å²) >= 11 is 0. The molecule has 0 atom stereocenters. The van der Waals surface area contributed by atoms with Gasteiger partial charge in [-0.3, -0.25) is 4.68 Å². The lowest BCUT2D eigenvalue weighted by atomic mass is 10.1. The summed E-state index contributed by atoms with van der Waals surface area (Å²) in [5.74, 6) is 0.188. The second kappa shape index (κ2) is 3.70. The normalized spacial score (nSPS) is 10.5. The Bertz CT molecular complexity index is 478. The third-order valence-corrected chi connectivity index (χ3v) is 2.30. The van der Waals surface area contributed by atoms with Gasteiger partial charge in [0.1, 0.15) is 11.4 Å². The SMILES string of the molecule is Cn1nnc(-c2ccccc2O)c1CN. The summed E-state index contributed by atoms with van der Waals surface area (Å²) in [7, 11) is 1.78. The molecule has 1 aromatic heterocycles. The smallest absolute Gasteiger partial charge is 0.125 e. The minimum Gasteiger partial charge on any atom is -0.507 e. The van der Waals surface area contributed by atoms with E-state index in [-0.39, 0.29) is 5.75 Å². The molecule has 0 aliphatic heterocycles. The maximum absolute atomic E-state index is 9.68. The van der Waals surface area contributed by atoms with Gasteiger partial charge in [-0.2, -0.15) is 0 Å². The van der Waals surface area contributed by atoms with Crippen LogP contribution in [0.3, 0.4) is 0 Å². The Morgan fingerprint density at radius 2 is 2.13 bits per heavy atom. The molecule has 78 valence electrons. The molecular formula is C10H12N4O. The number of phenolic OH excluding ortho intramolecular Hbond substituents is 1. The fourth-order valence-electron chi connectivity index (χ4n) is 1.49. The zero-order valence-electron chi connectivity index (χ0n) is 8.38. The summed E-state index contributed by atoms with van der Waals surface area (Å²) in [6, 6.07) is 7.00. The number of para-hydroxylation sites is 1. The summed E-state index contributed by atoms with van der Waals surface area (Å²) in [6.45, 7) is 0.340. The van der Waals surface area contributed by atoms with Crippen LogP contribution < -0.4 is 5.73 Å². The van der Waals surface area contributed by atoms with Crippen LogP contribution in [-0.2, 0) is 13.6 Å². The molecule has 15 heavy (non-hydrogen) atoms. The molecule has 0 aliphatic rings. The molecule has 0 spiro atoms. The van der Waals surface area contributed by atoms with Crippen LogP contribution in [-0.4, -0.2) is 20.1 Å². The third-order valence-electron chi connectivity index (χ3n) is 2.30. The van der Waals surface area contributed by atoms with Gasteiger partial charge in [-0.05, 0) is 12.1 Å². The topological polar surface area (TPSA) is 77.0 Å². The highest BCUT2D eigenvalue weighted by atomic mass is 16.3. The first-order chi connectivity index (χ1) is 7.24. The zero-order chi connectivity index (χ0) is 10.8. The van der Waals surface area contributed by atoms with Crippen LogP contribution >= 0.6 is 0 Å². The second-order valence-corrected chi connectivity index (χ2v) is 3.23. The molecule has 0 amide bonds. The number of hydrogen-bond donors (Lipinski definition) is 2. The number of rotatable bonds is 2. The number of aryl methyl sites for hydroxylation is 1. The Labute approximate surface area is 87.1 Å². The van der Waals surface area contributed by atoms with E-state index < -0.39 is 0 Å². The first-order valence-electron chi connectivity index (χ1n) is 4.61. The molecule has 0 bridgehead atoms. The quantitative estimate of drug-likeness (QED) is 0.752. The van der Waals surface area contributed by atoms with Gasteiger partial charge in [0.2, 0.25) is 0 Å². The summed E-state index contributed by atoms with van der Waals surface area (Å²) in [5, 5.41) is 17.5. The maximum atomic E-state index is 9.68. The summed E-state index contributed by atoms with van der Waals surface area (Å²) < 4.78 is 1.61. The van der Waals surface area contributed by atoms with E-state index in [0.717, 1.165) is 5.69 Å². The van der Waals surface area contributed by atoms with Crippen LogP contribution in [0.2, 0.25) is 0 Å². The monoisotopic (exact) mass is 204 g/mol. The van der Waals surface area contributed by atoms with Crippen molar-refractivity contribution in [1.82, 2.24) is 15.0 Å². The van der Waals surface area contributed by atoms with Crippen LogP contribution in [0.5, 0.6) is 5.75 Å². The molecule has 0 saturated carbocycles. The Kier molecular flexibility index (Phi) is 2.39. The van der Waals surface area contributed by atoms with Gasteiger partial charge in [-0.25, -0.2) is 0 Å². The summed E-state index contributed by atoms with van der Waals surface area (Å²) in [4.78, 5) is 0. The van der Waals surface area contributed by atoms with E-state index in [1.54, 1.807) is 29.9 Å². The minimum atomic E-state index is 0.188. The van der Waals surface area contributed by atoms with E-state index in [0.29, 0.717) is 17.8 Å². The van der Waals surface area contributed by atoms with Gasteiger partial charge < -0.3 is 10.8 Å². The Morgan fingerprint density at radius 1 is 1.40 bits per heavy atom. The zero-order valence-corrected chi connectivity index (χ0v) is 8.38. The fraction of sp³-hybridized carbons (Fsp3) is 0.200. The van der Waals surface area contributed by atoms with E-state index in [2.05, 4.69) is 10.3 Å². The second-order valence-electron chi connectivity index (χ2n) is 3.23.